The van der Waals surface area contributed by atoms with E-state index in [2.05, 4.69) is 0 Å². The number of hydrogen-bond acceptors (Lipinski definition) is 4. The fourth-order valence-corrected chi connectivity index (χ4v) is 3.38. The number of fused-ring (bicyclic) bond motifs is 1. The smallest absolute Gasteiger partial charge is 0.289 e. The first kappa shape index (κ1) is 17.8. The van der Waals surface area contributed by atoms with Crippen molar-refractivity contribution >= 4 is 22.7 Å². The van der Waals surface area contributed by atoms with E-state index in [9.17, 15) is 31.1 Å². The SMILES string of the molecule is C/C=C1/C(=O)c2c(C(F)(F)F)sc(C(F)(F)F)c2C1=C(C#N)C#N. The molecule has 1 aliphatic rings. The van der Waals surface area contributed by atoms with E-state index in [1.54, 1.807) is 0 Å². The third-order valence-corrected chi connectivity index (χ3v) is 4.46. The maximum atomic E-state index is 13.2. The van der Waals surface area contributed by atoms with E-state index in [4.69, 9.17) is 10.5 Å². The topological polar surface area (TPSA) is 64.7 Å². The third-order valence-electron chi connectivity index (χ3n) is 3.18. The summed E-state index contributed by atoms with van der Waals surface area (Å²) in [6, 6.07) is 2.66. The Labute approximate surface area is 134 Å². The van der Waals surface area contributed by atoms with Gasteiger partial charge in [-0.3, -0.25) is 4.79 Å². The molecule has 24 heavy (non-hydrogen) atoms. The lowest BCUT2D eigenvalue weighted by molar-refractivity contribution is -0.135. The van der Waals surface area contributed by atoms with Crippen LogP contribution in [0.1, 0.15) is 32.6 Å². The molecule has 10 heteroatoms. The Kier molecular flexibility index (Phi) is 4.07. The monoisotopic (exact) mass is 362 g/mol. The van der Waals surface area contributed by atoms with Gasteiger partial charge in [0.25, 0.3) is 0 Å². The zero-order valence-corrected chi connectivity index (χ0v) is 12.4. The number of hydrogen-bond donors (Lipinski definition) is 0. The first-order valence-electron chi connectivity index (χ1n) is 6.06. The van der Waals surface area contributed by atoms with Gasteiger partial charge in [-0.05, 0) is 6.92 Å². The normalized spacial score (nSPS) is 16.1. The van der Waals surface area contributed by atoms with Crippen molar-refractivity contribution < 1.29 is 31.1 Å². The van der Waals surface area contributed by atoms with Crippen LogP contribution >= 0.6 is 11.3 Å². The zero-order chi connectivity index (χ0) is 18.4. The highest BCUT2D eigenvalue weighted by Crippen LogP contribution is 2.54. The van der Waals surface area contributed by atoms with Gasteiger partial charge in [0, 0.05) is 16.7 Å². The number of carbonyl (C=O) groups excluding carboxylic acids is 1. The average molecular weight is 362 g/mol. The minimum atomic E-state index is -5.18. The second-order valence-electron chi connectivity index (χ2n) is 4.51. The number of rotatable bonds is 0. The number of ketones is 1. The minimum absolute atomic E-state index is 0.526. The van der Waals surface area contributed by atoms with Gasteiger partial charge < -0.3 is 0 Å². The molecule has 0 atom stereocenters. The lowest BCUT2D eigenvalue weighted by Gasteiger charge is -2.08. The Morgan fingerprint density at radius 3 is 1.83 bits per heavy atom. The zero-order valence-electron chi connectivity index (χ0n) is 11.6. The van der Waals surface area contributed by atoms with E-state index in [1.807, 2.05) is 0 Å². The van der Waals surface area contributed by atoms with E-state index in [0.717, 1.165) is 6.08 Å². The Hall–Kier alpha value is -2.59. The van der Waals surface area contributed by atoms with Crippen LogP contribution in [0.3, 0.4) is 0 Å². The molecular formula is C14H4F6N2OS. The van der Waals surface area contributed by atoms with Crippen LogP contribution in [0.2, 0.25) is 0 Å². The van der Waals surface area contributed by atoms with Crippen LogP contribution in [0.4, 0.5) is 26.3 Å². The second-order valence-corrected chi connectivity index (χ2v) is 5.53. The second kappa shape index (κ2) is 5.49. The molecule has 0 amide bonds. The number of carbonyl (C=O) groups is 1. The molecule has 0 spiro atoms. The van der Waals surface area contributed by atoms with E-state index < -0.39 is 67.1 Å². The summed E-state index contributed by atoms with van der Waals surface area (Å²) in [5.41, 5.74) is -4.29. The van der Waals surface area contributed by atoms with Crippen molar-refractivity contribution in [2.75, 3.05) is 0 Å². The van der Waals surface area contributed by atoms with Gasteiger partial charge >= 0.3 is 12.4 Å². The first-order chi connectivity index (χ1) is 11.0. The Morgan fingerprint density at radius 2 is 1.46 bits per heavy atom. The summed E-state index contributed by atoms with van der Waals surface area (Å²) < 4.78 is 78.7. The average Bonchev–Trinajstić information content (AvgIpc) is 2.97. The molecule has 0 aromatic carbocycles. The number of thiophene rings is 1. The van der Waals surface area contributed by atoms with Gasteiger partial charge in [0.05, 0.1) is 5.56 Å². The van der Waals surface area contributed by atoms with Crippen LogP contribution in [0.15, 0.2) is 17.2 Å². The number of nitriles is 2. The van der Waals surface area contributed by atoms with Gasteiger partial charge in [-0.1, -0.05) is 6.08 Å². The molecule has 1 heterocycles. The van der Waals surface area contributed by atoms with Gasteiger partial charge in [-0.15, -0.1) is 11.3 Å². The highest BCUT2D eigenvalue weighted by Gasteiger charge is 2.51. The van der Waals surface area contributed by atoms with Crippen LogP contribution in [-0.4, -0.2) is 5.78 Å². The standard InChI is InChI=1S/C14H4F6N2OS/c1-2-6-7(5(3-21)4-22)8-9(10(6)23)12(14(18,19)20)24-11(8)13(15,16)17/h2H,1H3/b6-2+. The lowest BCUT2D eigenvalue weighted by atomic mass is 9.99. The molecule has 3 nitrogen and oxygen atoms in total. The van der Waals surface area contributed by atoms with E-state index in [0.29, 0.717) is 0 Å². The summed E-state index contributed by atoms with van der Waals surface area (Å²) in [6.45, 7) is 1.22. The third kappa shape index (κ3) is 2.49. The van der Waals surface area contributed by atoms with Crippen LogP contribution in [0.5, 0.6) is 0 Å². The summed E-state index contributed by atoms with van der Waals surface area (Å²) in [4.78, 5) is 8.85. The van der Waals surface area contributed by atoms with Gasteiger partial charge in [0.15, 0.2) is 5.78 Å². The minimum Gasteiger partial charge on any atom is -0.289 e. The Morgan fingerprint density at radius 1 is 1.00 bits per heavy atom. The number of allylic oxidation sites excluding steroid dienone is 4. The lowest BCUT2D eigenvalue weighted by Crippen LogP contribution is -2.08. The molecule has 0 unspecified atom stereocenters. The molecule has 0 aliphatic heterocycles. The van der Waals surface area contributed by atoms with Crippen molar-refractivity contribution in [3.63, 3.8) is 0 Å². The number of Topliss-reactive ketones (excluding diaryl/α,β-unsaturated/α-hetero) is 1. The number of nitrogens with zero attached hydrogens (tertiary/aromatic N) is 2. The highest BCUT2D eigenvalue weighted by atomic mass is 32.1. The summed E-state index contributed by atoms with van der Waals surface area (Å²) >= 11 is -0.617. The van der Waals surface area contributed by atoms with Gasteiger partial charge in [0.2, 0.25) is 0 Å². The summed E-state index contributed by atoms with van der Waals surface area (Å²) in [5, 5.41) is 17.8. The molecule has 1 aromatic rings. The fourth-order valence-electron chi connectivity index (χ4n) is 2.34. The van der Waals surface area contributed by atoms with Crippen LogP contribution in [-0.2, 0) is 12.4 Å². The predicted molar refractivity (Wildman–Crippen MR) is 70.6 cm³/mol. The quantitative estimate of drug-likeness (QED) is 0.381. The van der Waals surface area contributed by atoms with Crippen molar-refractivity contribution in [3.8, 4) is 12.1 Å². The Balaban J connectivity index is 3.07. The molecule has 0 saturated heterocycles. The maximum Gasteiger partial charge on any atom is 0.426 e. The molecule has 0 radical (unpaired) electrons. The molecule has 0 N–H and O–H groups in total. The van der Waals surface area contributed by atoms with E-state index in [-0.39, 0.29) is 0 Å². The number of alkyl halides is 6. The molecule has 0 saturated carbocycles. The van der Waals surface area contributed by atoms with Gasteiger partial charge in [-0.2, -0.15) is 36.9 Å². The van der Waals surface area contributed by atoms with Crippen LogP contribution in [0, 0.1) is 22.7 Å². The molecular weight excluding hydrogens is 358 g/mol. The fraction of sp³-hybridized carbons (Fsp3) is 0.214. The van der Waals surface area contributed by atoms with Crippen molar-refractivity contribution in [2.24, 2.45) is 0 Å². The highest BCUT2D eigenvalue weighted by molar-refractivity contribution is 7.13. The van der Waals surface area contributed by atoms with Crippen molar-refractivity contribution in [1.82, 2.24) is 0 Å². The number of halogens is 6. The molecule has 1 aliphatic carbocycles. The van der Waals surface area contributed by atoms with Crippen molar-refractivity contribution in [2.45, 2.75) is 19.3 Å². The van der Waals surface area contributed by atoms with Gasteiger partial charge in [-0.25, -0.2) is 0 Å². The first-order valence-corrected chi connectivity index (χ1v) is 6.88. The predicted octanol–water partition coefficient (Wildman–Crippen LogP) is 4.73. The summed E-state index contributed by atoms with van der Waals surface area (Å²) in [5.74, 6) is -1.29. The van der Waals surface area contributed by atoms with Crippen molar-refractivity contribution in [1.29, 1.82) is 10.5 Å². The Bertz CT molecular complexity index is 871. The molecule has 2 rings (SSSR count). The van der Waals surface area contributed by atoms with Gasteiger partial charge in [0.1, 0.15) is 27.5 Å². The van der Waals surface area contributed by atoms with Crippen molar-refractivity contribution in [3.05, 3.63) is 38.1 Å². The van der Waals surface area contributed by atoms with Crippen LogP contribution in [0.25, 0.3) is 5.57 Å². The van der Waals surface area contributed by atoms with Crippen LogP contribution < -0.4 is 0 Å². The molecule has 124 valence electrons. The molecule has 1 aromatic heterocycles. The molecule has 0 fully saturated rings. The summed E-state index contributed by atoms with van der Waals surface area (Å²) in [7, 11) is 0. The maximum absolute atomic E-state index is 13.2. The van der Waals surface area contributed by atoms with E-state index in [1.165, 1.54) is 19.1 Å². The molecule has 0 bridgehead atoms. The van der Waals surface area contributed by atoms with E-state index >= 15 is 0 Å². The largest absolute Gasteiger partial charge is 0.426 e. The summed E-state index contributed by atoms with van der Waals surface area (Å²) in [6.07, 6.45) is -9.37.